The lowest BCUT2D eigenvalue weighted by molar-refractivity contribution is -0.142. The SMILES string of the molecule is CC(C)COc1ccc(C(=O)N2C[C@@H](C)[C@H](C(=O)O)C2)cc1. The summed E-state index contributed by atoms with van der Waals surface area (Å²) < 4.78 is 5.59. The molecule has 1 fully saturated rings. The molecule has 22 heavy (non-hydrogen) atoms. The first-order valence-corrected chi connectivity index (χ1v) is 7.63. The summed E-state index contributed by atoms with van der Waals surface area (Å²) in [4.78, 5) is 25.2. The van der Waals surface area contributed by atoms with Gasteiger partial charge in [-0.25, -0.2) is 0 Å². The molecule has 2 atom stereocenters. The van der Waals surface area contributed by atoms with Gasteiger partial charge in [0.2, 0.25) is 0 Å². The first-order chi connectivity index (χ1) is 10.4. The molecule has 120 valence electrons. The molecule has 0 aliphatic carbocycles. The van der Waals surface area contributed by atoms with E-state index in [1.165, 1.54) is 0 Å². The Bertz CT molecular complexity index is 538. The van der Waals surface area contributed by atoms with Gasteiger partial charge < -0.3 is 14.7 Å². The monoisotopic (exact) mass is 305 g/mol. The second-order valence-electron chi connectivity index (χ2n) is 6.36. The maximum absolute atomic E-state index is 12.4. The second-order valence-corrected chi connectivity index (χ2v) is 6.36. The van der Waals surface area contributed by atoms with Crippen molar-refractivity contribution in [3.8, 4) is 5.75 Å². The van der Waals surface area contributed by atoms with Crippen LogP contribution in [0, 0.1) is 17.8 Å². The Morgan fingerprint density at radius 1 is 1.27 bits per heavy atom. The van der Waals surface area contributed by atoms with Gasteiger partial charge >= 0.3 is 5.97 Å². The van der Waals surface area contributed by atoms with Gasteiger partial charge in [0.05, 0.1) is 12.5 Å². The van der Waals surface area contributed by atoms with E-state index in [1.54, 1.807) is 29.2 Å². The van der Waals surface area contributed by atoms with Gasteiger partial charge in [-0.3, -0.25) is 9.59 Å². The van der Waals surface area contributed by atoms with E-state index in [0.29, 0.717) is 24.6 Å². The van der Waals surface area contributed by atoms with Crippen LogP contribution >= 0.6 is 0 Å². The minimum absolute atomic E-state index is 0.0184. The average molecular weight is 305 g/mol. The zero-order valence-corrected chi connectivity index (χ0v) is 13.3. The zero-order chi connectivity index (χ0) is 16.3. The van der Waals surface area contributed by atoms with Crippen LogP contribution in [0.1, 0.15) is 31.1 Å². The van der Waals surface area contributed by atoms with Crippen LogP contribution in [0.5, 0.6) is 5.75 Å². The fourth-order valence-corrected chi connectivity index (χ4v) is 2.59. The molecule has 1 saturated heterocycles. The fourth-order valence-electron chi connectivity index (χ4n) is 2.59. The van der Waals surface area contributed by atoms with E-state index >= 15 is 0 Å². The molecule has 1 aromatic rings. The molecule has 0 spiro atoms. The molecule has 0 bridgehead atoms. The van der Waals surface area contributed by atoms with Crippen molar-refractivity contribution < 1.29 is 19.4 Å². The van der Waals surface area contributed by atoms with E-state index in [2.05, 4.69) is 13.8 Å². The highest BCUT2D eigenvalue weighted by atomic mass is 16.5. The zero-order valence-electron chi connectivity index (χ0n) is 13.3. The Kier molecular flexibility index (Phi) is 5.06. The summed E-state index contributed by atoms with van der Waals surface area (Å²) in [5.74, 6) is -0.261. The van der Waals surface area contributed by atoms with Crippen LogP contribution in [0.2, 0.25) is 0 Å². The van der Waals surface area contributed by atoms with E-state index in [1.807, 2.05) is 6.92 Å². The van der Waals surface area contributed by atoms with Gasteiger partial charge in [-0.1, -0.05) is 20.8 Å². The summed E-state index contributed by atoms with van der Waals surface area (Å²) >= 11 is 0. The molecule has 0 radical (unpaired) electrons. The predicted octanol–water partition coefficient (Wildman–Crippen LogP) is 2.51. The number of benzene rings is 1. The lowest BCUT2D eigenvalue weighted by Crippen LogP contribution is -2.29. The average Bonchev–Trinajstić information content (AvgIpc) is 2.87. The van der Waals surface area contributed by atoms with Crippen molar-refractivity contribution in [2.45, 2.75) is 20.8 Å². The maximum Gasteiger partial charge on any atom is 0.308 e. The number of aliphatic carboxylic acids is 1. The topological polar surface area (TPSA) is 66.8 Å². The largest absolute Gasteiger partial charge is 0.493 e. The van der Waals surface area contributed by atoms with Crippen molar-refractivity contribution in [1.29, 1.82) is 0 Å². The van der Waals surface area contributed by atoms with Crippen molar-refractivity contribution in [2.24, 2.45) is 17.8 Å². The number of hydrogen-bond donors (Lipinski definition) is 1. The van der Waals surface area contributed by atoms with Crippen molar-refractivity contribution in [3.63, 3.8) is 0 Å². The van der Waals surface area contributed by atoms with Gasteiger partial charge in [0.1, 0.15) is 5.75 Å². The van der Waals surface area contributed by atoms with Crippen molar-refractivity contribution in [3.05, 3.63) is 29.8 Å². The van der Waals surface area contributed by atoms with Gasteiger partial charge in [-0.2, -0.15) is 0 Å². The molecular weight excluding hydrogens is 282 g/mol. The number of carbonyl (C=O) groups is 2. The summed E-state index contributed by atoms with van der Waals surface area (Å²) in [5.41, 5.74) is 0.565. The molecule has 5 nitrogen and oxygen atoms in total. The molecule has 2 rings (SSSR count). The molecule has 1 aliphatic rings. The molecular formula is C17H23NO4. The van der Waals surface area contributed by atoms with Crippen molar-refractivity contribution in [2.75, 3.05) is 19.7 Å². The first-order valence-electron chi connectivity index (χ1n) is 7.63. The summed E-state index contributed by atoms with van der Waals surface area (Å²) in [6.07, 6.45) is 0. The number of hydrogen-bond acceptors (Lipinski definition) is 3. The normalized spacial score (nSPS) is 21.2. The van der Waals surface area contributed by atoms with Crippen LogP contribution in [0.25, 0.3) is 0 Å². The quantitative estimate of drug-likeness (QED) is 0.907. The minimum atomic E-state index is -0.833. The first kappa shape index (κ1) is 16.3. The van der Waals surface area contributed by atoms with Gasteiger partial charge in [-0.05, 0) is 36.1 Å². The Morgan fingerprint density at radius 2 is 1.91 bits per heavy atom. The number of nitrogens with zero attached hydrogens (tertiary/aromatic N) is 1. The maximum atomic E-state index is 12.4. The number of rotatable bonds is 5. The molecule has 1 aliphatic heterocycles. The number of amides is 1. The molecule has 1 amide bonds. The van der Waals surface area contributed by atoms with Crippen LogP contribution in [0.4, 0.5) is 0 Å². The lowest BCUT2D eigenvalue weighted by atomic mass is 9.99. The third kappa shape index (κ3) is 3.78. The standard InChI is InChI=1S/C17H23NO4/c1-11(2)10-22-14-6-4-13(5-7-14)16(19)18-8-12(3)15(9-18)17(20)21/h4-7,11-12,15H,8-10H2,1-3H3,(H,20,21)/t12-,15-/m1/s1. The van der Waals surface area contributed by atoms with Gasteiger partial charge in [0, 0.05) is 18.7 Å². The van der Waals surface area contributed by atoms with Crippen LogP contribution in [-0.4, -0.2) is 41.6 Å². The molecule has 1 N–H and O–H groups in total. The Morgan fingerprint density at radius 3 is 2.41 bits per heavy atom. The Labute approximate surface area is 130 Å². The third-order valence-electron chi connectivity index (χ3n) is 3.90. The van der Waals surface area contributed by atoms with Gasteiger partial charge in [-0.15, -0.1) is 0 Å². The number of ether oxygens (including phenoxy) is 1. The number of carboxylic acids is 1. The van der Waals surface area contributed by atoms with Crippen LogP contribution in [0.15, 0.2) is 24.3 Å². The fraction of sp³-hybridized carbons (Fsp3) is 0.529. The molecule has 0 aromatic heterocycles. The molecule has 0 saturated carbocycles. The highest BCUT2D eigenvalue weighted by molar-refractivity contribution is 5.95. The smallest absolute Gasteiger partial charge is 0.308 e. The van der Waals surface area contributed by atoms with E-state index in [9.17, 15) is 9.59 Å². The summed E-state index contributed by atoms with van der Waals surface area (Å²) in [6, 6.07) is 7.03. The molecule has 0 unspecified atom stereocenters. The van der Waals surface area contributed by atoms with Crippen LogP contribution in [0.3, 0.4) is 0 Å². The summed E-state index contributed by atoms with van der Waals surface area (Å²) in [6.45, 7) is 7.42. The molecule has 5 heteroatoms. The van der Waals surface area contributed by atoms with Crippen LogP contribution in [-0.2, 0) is 4.79 Å². The highest BCUT2D eigenvalue weighted by Gasteiger charge is 2.37. The van der Waals surface area contributed by atoms with Crippen molar-refractivity contribution >= 4 is 11.9 Å². The molecule has 1 heterocycles. The number of carbonyl (C=O) groups excluding carboxylic acids is 1. The minimum Gasteiger partial charge on any atom is -0.493 e. The highest BCUT2D eigenvalue weighted by Crippen LogP contribution is 2.25. The second kappa shape index (κ2) is 6.81. The number of carboxylic acid groups (broad SMARTS) is 1. The van der Waals surface area contributed by atoms with Gasteiger partial charge in [0.25, 0.3) is 5.91 Å². The Balaban J connectivity index is 2.00. The molecule has 1 aromatic carbocycles. The van der Waals surface area contributed by atoms with E-state index < -0.39 is 11.9 Å². The van der Waals surface area contributed by atoms with Crippen molar-refractivity contribution in [1.82, 2.24) is 4.90 Å². The van der Waals surface area contributed by atoms with E-state index in [4.69, 9.17) is 9.84 Å². The number of likely N-dealkylation sites (tertiary alicyclic amines) is 1. The summed E-state index contributed by atoms with van der Waals surface area (Å²) in [5, 5.41) is 9.14. The van der Waals surface area contributed by atoms with Crippen LogP contribution < -0.4 is 4.74 Å². The summed E-state index contributed by atoms with van der Waals surface area (Å²) in [7, 11) is 0. The third-order valence-corrected chi connectivity index (χ3v) is 3.90. The van der Waals surface area contributed by atoms with E-state index in [-0.39, 0.29) is 18.4 Å². The predicted molar refractivity (Wildman–Crippen MR) is 83.0 cm³/mol. The van der Waals surface area contributed by atoms with E-state index in [0.717, 1.165) is 5.75 Å². The van der Waals surface area contributed by atoms with Gasteiger partial charge in [0.15, 0.2) is 0 Å². The lowest BCUT2D eigenvalue weighted by Gasteiger charge is -2.16. The Hall–Kier alpha value is -2.04.